The summed E-state index contributed by atoms with van der Waals surface area (Å²) in [5.41, 5.74) is 4.21. The second kappa shape index (κ2) is 16.2. The predicted octanol–water partition coefficient (Wildman–Crippen LogP) is 6.12. The zero-order valence-corrected chi connectivity index (χ0v) is 26.7. The fraction of sp³-hybridized carbons (Fsp3) is 0.410. The second-order valence-electron chi connectivity index (χ2n) is 13.0. The van der Waals surface area contributed by atoms with Crippen LogP contribution in [0, 0.1) is 23.7 Å². The maximum absolute atomic E-state index is 13.8. The number of aryl methyl sites for hydroxylation is 1. The monoisotopic (exact) mass is 607 g/mol. The van der Waals surface area contributed by atoms with E-state index >= 15 is 0 Å². The van der Waals surface area contributed by atoms with Crippen LogP contribution >= 0.6 is 0 Å². The van der Waals surface area contributed by atoms with Crippen LogP contribution in [0.3, 0.4) is 0 Å². The van der Waals surface area contributed by atoms with Crippen molar-refractivity contribution in [2.24, 2.45) is 23.7 Å². The predicted molar refractivity (Wildman–Crippen MR) is 176 cm³/mol. The second-order valence-corrected chi connectivity index (χ2v) is 13.0. The lowest BCUT2D eigenvalue weighted by Gasteiger charge is -2.24. The van der Waals surface area contributed by atoms with Crippen LogP contribution in [0.4, 0.5) is 0 Å². The molecule has 0 aliphatic heterocycles. The van der Waals surface area contributed by atoms with Gasteiger partial charge in [-0.2, -0.15) is 0 Å². The van der Waals surface area contributed by atoms with Gasteiger partial charge in [-0.3, -0.25) is 24.0 Å². The van der Waals surface area contributed by atoms with Gasteiger partial charge in [-0.05, 0) is 60.3 Å². The molecule has 236 valence electrons. The number of hydrogen-bond donors (Lipinski definition) is 1. The highest BCUT2D eigenvalue weighted by Crippen LogP contribution is 2.29. The number of fused-ring (bicyclic) bond motifs is 1. The van der Waals surface area contributed by atoms with Gasteiger partial charge < -0.3 is 5.32 Å². The van der Waals surface area contributed by atoms with Crippen molar-refractivity contribution in [2.45, 2.75) is 78.2 Å². The van der Waals surface area contributed by atoms with Gasteiger partial charge >= 0.3 is 0 Å². The van der Waals surface area contributed by atoms with Gasteiger partial charge in [0, 0.05) is 37.0 Å². The van der Waals surface area contributed by atoms with Gasteiger partial charge in [-0.15, -0.1) is 0 Å². The van der Waals surface area contributed by atoms with E-state index in [-0.39, 0.29) is 55.0 Å². The lowest BCUT2D eigenvalue weighted by Crippen LogP contribution is -2.45. The van der Waals surface area contributed by atoms with Crippen molar-refractivity contribution in [3.63, 3.8) is 0 Å². The summed E-state index contributed by atoms with van der Waals surface area (Å²) in [6.07, 6.45) is 2.54. The van der Waals surface area contributed by atoms with E-state index in [1.807, 2.05) is 98.8 Å². The summed E-state index contributed by atoms with van der Waals surface area (Å²) in [5, 5.41) is 2.91. The molecule has 0 heterocycles. The first-order valence-corrected chi connectivity index (χ1v) is 16.2. The summed E-state index contributed by atoms with van der Waals surface area (Å²) in [4.78, 5) is 66.7. The Kier molecular flexibility index (Phi) is 12.1. The van der Waals surface area contributed by atoms with Crippen LogP contribution in [-0.4, -0.2) is 35.1 Å². The molecule has 0 saturated heterocycles. The van der Waals surface area contributed by atoms with Gasteiger partial charge in [-0.25, -0.2) is 0 Å². The van der Waals surface area contributed by atoms with Crippen LogP contribution in [0.25, 0.3) is 0 Å². The minimum Gasteiger partial charge on any atom is -0.346 e. The first kappa shape index (κ1) is 33.7. The van der Waals surface area contributed by atoms with Crippen molar-refractivity contribution in [1.82, 2.24) is 5.32 Å². The Labute approximate surface area is 267 Å². The zero-order valence-electron chi connectivity index (χ0n) is 26.7. The van der Waals surface area contributed by atoms with Crippen LogP contribution in [0.1, 0.15) is 68.7 Å². The van der Waals surface area contributed by atoms with Gasteiger partial charge in [0.2, 0.25) is 11.7 Å². The summed E-state index contributed by atoms with van der Waals surface area (Å²) in [6, 6.07) is 26.2. The lowest BCUT2D eigenvalue weighted by molar-refractivity contribution is -0.140. The molecule has 45 heavy (non-hydrogen) atoms. The maximum Gasteiger partial charge on any atom is 0.223 e. The first-order chi connectivity index (χ1) is 21.6. The minimum atomic E-state index is -0.822. The van der Waals surface area contributed by atoms with E-state index in [1.165, 1.54) is 11.1 Å². The number of rotatable bonds is 17. The molecule has 3 aromatic carbocycles. The normalized spacial score (nSPS) is 14.8. The number of carbonyl (C=O) groups excluding carboxylic acids is 5. The molecule has 1 aliphatic carbocycles. The molecule has 1 aliphatic rings. The highest BCUT2D eigenvalue weighted by Gasteiger charge is 2.33. The molecule has 0 bridgehead atoms. The zero-order chi connectivity index (χ0) is 32.3. The van der Waals surface area contributed by atoms with Crippen LogP contribution in [0.15, 0.2) is 84.9 Å². The van der Waals surface area contributed by atoms with Gasteiger partial charge in [0.1, 0.15) is 5.78 Å². The highest BCUT2D eigenvalue weighted by atomic mass is 16.2. The molecule has 6 nitrogen and oxygen atoms in total. The number of nitrogens with one attached hydrogen (secondary N) is 1. The molecular formula is C39H45NO5. The summed E-state index contributed by atoms with van der Waals surface area (Å²) in [7, 11) is 0. The van der Waals surface area contributed by atoms with Gasteiger partial charge in [0.25, 0.3) is 0 Å². The Balaban J connectivity index is 1.40. The molecule has 0 radical (unpaired) electrons. The Morgan fingerprint density at radius 3 is 1.87 bits per heavy atom. The fourth-order valence-electron chi connectivity index (χ4n) is 6.20. The Hall–Kier alpha value is -4.19. The number of amides is 1. The van der Waals surface area contributed by atoms with Crippen molar-refractivity contribution in [3.8, 4) is 0 Å². The van der Waals surface area contributed by atoms with Crippen LogP contribution < -0.4 is 5.32 Å². The van der Waals surface area contributed by atoms with Crippen LogP contribution in [0.5, 0.6) is 0 Å². The molecular weight excluding hydrogens is 562 g/mol. The largest absolute Gasteiger partial charge is 0.346 e. The molecule has 0 unspecified atom stereocenters. The van der Waals surface area contributed by atoms with E-state index in [0.29, 0.717) is 25.7 Å². The third-order valence-corrected chi connectivity index (χ3v) is 8.78. The van der Waals surface area contributed by atoms with Gasteiger partial charge in [0.05, 0.1) is 6.04 Å². The van der Waals surface area contributed by atoms with Crippen molar-refractivity contribution in [2.75, 3.05) is 0 Å². The average molecular weight is 608 g/mol. The van der Waals surface area contributed by atoms with Crippen LogP contribution in [0.2, 0.25) is 0 Å². The standard InChI is InChI=1S/C39H45NO5/c1-26(2)20-34(40-39(45)27(3)21-36(42)32-23-30-16-10-11-17-31(30)24-32)37(43)25-33(22-29-14-8-5-9-15-29)38(44)35(41)19-18-28-12-6-4-7-13-28/h4-17,26-27,32-34H,18-25H2,1-3H3,(H,40,45)/t27-,33-,34+/m1/s1. The molecule has 4 rings (SSSR count). The maximum atomic E-state index is 13.8. The average Bonchev–Trinajstić information content (AvgIpc) is 3.48. The Morgan fingerprint density at radius 1 is 0.733 bits per heavy atom. The molecule has 1 N–H and O–H groups in total. The number of carbonyl (C=O) groups is 5. The molecule has 3 aromatic rings. The molecule has 0 spiro atoms. The van der Waals surface area contributed by atoms with E-state index in [2.05, 4.69) is 5.32 Å². The third kappa shape index (κ3) is 9.90. The number of hydrogen-bond acceptors (Lipinski definition) is 5. The van der Waals surface area contributed by atoms with Crippen LogP contribution in [-0.2, 0) is 49.7 Å². The Morgan fingerprint density at radius 2 is 1.29 bits per heavy atom. The molecule has 6 heteroatoms. The SMILES string of the molecule is CC(C)C[C@H](NC(=O)[C@H](C)CC(=O)C1Cc2ccccc2C1)C(=O)C[C@@H](Cc1ccccc1)C(=O)C(=O)CCc1ccccc1. The highest BCUT2D eigenvalue weighted by molar-refractivity contribution is 6.38. The smallest absolute Gasteiger partial charge is 0.223 e. The number of ketones is 4. The summed E-state index contributed by atoms with van der Waals surface area (Å²) >= 11 is 0. The van der Waals surface area contributed by atoms with E-state index < -0.39 is 29.4 Å². The van der Waals surface area contributed by atoms with E-state index in [9.17, 15) is 24.0 Å². The lowest BCUT2D eigenvalue weighted by atomic mass is 9.84. The van der Waals surface area contributed by atoms with Crippen molar-refractivity contribution in [3.05, 3.63) is 107 Å². The number of benzene rings is 3. The van der Waals surface area contributed by atoms with E-state index in [0.717, 1.165) is 11.1 Å². The summed E-state index contributed by atoms with van der Waals surface area (Å²) in [5.74, 6) is -3.04. The molecule has 1 amide bonds. The fourth-order valence-corrected chi connectivity index (χ4v) is 6.20. The van der Waals surface area contributed by atoms with Crippen molar-refractivity contribution < 1.29 is 24.0 Å². The summed E-state index contributed by atoms with van der Waals surface area (Å²) in [6.45, 7) is 5.66. The quantitative estimate of drug-likeness (QED) is 0.187. The van der Waals surface area contributed by atoms with E-state index in [1.54, 1.807) is 6.92 Å². The molecule has 0 fully saturated rings. The van der Waals surface area contributed by atoms with Crippen molar-refractivity contribution >= 4 is 29.0 Å². The first-order valence-electron chi connectivity index (χ1n) is 16.2. The summed E-state index contributed by atoms with van der Waals surface area (Å²) < 4.78 is 0. The Bertz CT molecular complexity index is 1450. The van der Waals surface area contributed by atoms with Gasteiger partial charge in [0.15, 0.2) is 11.6 Å². The van der Waals surface area contributed by atoms with E-state index in [4.69, 9.17) is 0 Å². The van der Waals surface area contributed by atoms with Crippen molar-refractivity contribution in [1.29, 1.82) is 0 Å². The van der Waals surface area contributed by atoms with Gasteiger partial charge in [-0.1, -0.05) is 106 Å². The minimum absolute atomic E-state index is 0.0584. The molecule has 3 atom stereocenters. The molecule has 0 saturated carbocycles. The molecule has 0 aromatic heterocycles. The number of Topliss-reactive ketones (excluding diaryl/α,β-unsaturated/α-hetero) is 4. The third-order valence-electron chi connectivity index (χ3n) is 8.78. The topological polar surface area (TPSA) is 97.4 Å².